The molecule has 84 valence electrons. The zero-order valence-corrected chi connectivity index (χ0v) is 9.83. The second kappa shape index (κ2) is 5.32. The van der Waals surface area contributed by atoms with Crippen LogP contribution in [0.15, 0.2) is 12.1 Å². The molecule has 16 heavy (non-hydrogen) atoms. The number of methoxy groups -OCH3 is 1. The van der Waals surface area contributed by atoms with Gasteiger partial charge in [0.1, 0.15) is 5.75 Å². The third kappa shape index (κ3) is 2.22. The number of nitrogens with zero attached hydrogens (tertiary/aromatic N) is 1. The van der Waals surface area contributed by atoms with Crippen molar-refractivity contribution in [2.75, 3.05) is 7.11 Å². The van der Waals surface area contributed by atoms with E-state index in [0.717, 1.165) is 5.56 Å². The summed E-state index contributed by atoms with van der Waals surface area (Å²) in [6.07, 6.45) is 1.14. The summed E-state index contributed by atoms with van der Waals surface area (Å²) in [4.78, 5) is 11.6. The molecule has 0 bridgehead atoms. The first kappa shape index (κ1) is 12.3. The van der Waals surface area contributed by atoms with E-state index in [1.807, 2.05) is 6.92 Å². The number of Topliss-reactive ketones (excluding diaryl/α,β-unsaturated/α-hetero) is 1. The molecular formula is C13H15NO2. The van der Waals surface area contributed by atoms with Gasteiger partial charge < -0.3 is 4.74 Å². The Bertz CT molecular complexity index is 444. The molecule has 0 aliphatic carbocycles. The van der Waals surface area contributed by atoms with Crippen molar-refractivity contribution in [2.45, 2.75) is 26.7 Å². The Kier molecular flexibility index (Phi) is 4.07. The van der Waals surface area contributed by atoms with Crippen LogP contribution in [0.4, 0.5) is 0 Å². The Morgan fingerprint density at radius 1 is 1.44 bits per heavy atom. The maximum atomic E-state index is 11.6. The second-order valence-electron chi connectivity index (χ2n) is 3.45. The lowest BCUT2D eigenvalue weighted by atomic mass is 9.98. The zero-order chi connectivity index (χ0) is 12.1. The summed E-state index contributed by atoms with van der Waals surface area (Å²) in [6.45, 7) is 3.76. The minimum absolute atomic E-state index is 0.0254. The van der Waals surface area contributed by atoms with Crippen LogP contribution < -0.4 is 4.74 Å². The summed E-state index contributed by atoms with van der Waals surface area (Å²) in [5.41, 5.74) is 1.93. The van der Waals surface area contributed by atoms with Gasteiger partial charge in [0.05, 0.1) is 18.7 Å². The van der Waals surface area contributed by atoms with Crippen molar-refractivity contribution in [2.24, 2.45) is 0 Å². The van der Waals surface area contributed by atoms with Crippen molar-refractivity contribution in [1.29, 1.82) is 5.26 Å². The number of hydrogen-bond donors (Lipinski definition) is 0. The topological polar surface area (TPSA) is 50.1 Å². The van der Waals surface area contributed by atoms with Crippen molar-refractivity contribution in [1.82, 2.24) is 0 Å². The number of ether oxygens (including phenoxy) is 1. The van der Waals surface area contributed by atoms with Gasteiger partial charge in [0.25, 0.3) is 0 Å². The second-order valence-corrected chi connectivity index (χ2v) is 3.45. The molecule has 0 aliphatic rings. The summed E-state index contributed by atoms with van der Waals surface area (Å²) in [5.74, 6) is 0.649. The lowest BCUT2D eigenvalue weighted by molar-refractivity contribution is 0.0988. The number of ketones is 1. The van der Waals surface area contributed by atoms with Gasteiger partial charge >= 0.3 is 0 Å². The monoisotopic (exact) mass is 217 g/mol. The molecule has 0 unspecified atom stereocenters. The highest BCUT2D eigenvalue weighted by atomic mass is 16.5. The number of benzene rings is 1. The van der Waals surface area contributed by atoms with Gasteiger partial charge in [-0.3, -0.25) is 4.79 Å². The number of rotatable bonds is 4. The summed E-state index contributed by atoms with van der Waals surface area (Å²) >= 11 is 0. The van der Waals surface area contributed by atoms with Crippen LogP contribution in [0.5, 0.6) is 5.75 Å². The molecule has 1 aromatic carbocycles. The molecule has 0 atom stereocenters. The van der Waals surface area contributed by atoms with E-state index in [-0.39, 0.29) is 5.78 Å². The third-order valence-electron chi connectivity index (χ3n) is 2.55. The van der Waals surface area contributed by atoms with Gasteiger partial charge in [0.2, 0.25) is 0 Å². The average Bonchev–Trinajstić information content (AvgIpc) is 2.35. The van der Waals surface area contributed by atoms with Crippen LogP contribution in [0.3, 0.4) is 0 Å². The Labute approximate surface area is 95.7 Å². The van der Waals surface area contributed by atoms with Gasteiger partial charge in [0.15, 0.2) is 5.78 Å². The van der Waals surface area contributed by atoms with Crippen molar-refractivity contribution < 1.29 is 9.53 Å². The van der Waals surface area contributed by atoms with Crippen LogP contribution >= 0.6 is 0 Å². The molecular weight excluding hydrogens is 202 g/mol. The van der Waals surface area contributed by atoms with Gasteiger partial charge in [-0.05, 0) is 18.6 Å². The molecule has 0 spiro atoms. The standard InChI is InChI=1S/C13H15NO2/c1-4-11-10(8-14)6-9(12(15)5-2)7-13(11)16-3/h6-7H,4-5H2,1-3H3. The fraction of sp³-hybridized carbons (Fsp3) is 0.385. The molecule has 0 aliphatic heterocycles. The SMILES string of the molecule is CCC(=O)c1cc(C#N)c(CC)c(OC)c1. The molecule has 0 N–H and O–H groups in total. The Balaban J connectivity index is 3.38. The Hall–Kier alpha value is -1.82. The molecule has 0 radical (unpaired) electrons. The fourth-order valence-electron chi connectivity index (χ4n) is 1.66. The maximum Gasteiger partial charge on any atom is 0.162 e. The van der Waals surface area contributed by atoms with Crippen LogP contribution in [0.2, 0.25) is 0 Å². The summed E-state index contributed by atoms with van der Waals surface area (Å²) in [6, 6.07) is 5.47. The van der Waals surface area contributed by atoms with E-state index in [2.05, 4.69) is 6.07 Å². The molecule has 0 fully saturated rings. The van der Waals surface area contributed by atoms with Crippen LogP contribution in [0, 0.1) is 11.3 Å². The number of nitriles is 1. The predicted molar refractivity (Wildman–Crippen MR) is 61.7 cm³/mol. The van der Waals surface area contributed by atoms with Crippen molar-refractivity contribution in [3.63, 3.8) is 0 Å². The van der Waals surface area contributed by atoms with Crippen LogP contribution in [0.25, 0.3) is 0 Å². The van der Waals surface area contributed by atoms with E-state index >= 15 is 0 Å². The molecule has 0 aromatic heterocycles. The fourth-order valence-corrected chi connectivity index (χ4v) is 1.66. The molecule has 3 nitrogen and oxygen atoms in total. The molecule has 0 saturated carbocycles. The van der Waals surface area contributed by atoms with Gasteiger partial charge in [-0.2, -0.15) is 5.26 Å². The summed E-state index contributed by atoms with van der Waals surface area (Å²) in [7, 11) is 1.55. The van der Waals surface area contributed by atoms with E-state index in [9.17, 15) is 4.79 Å². The highest BCUT2D eigenvalue weighted by Gasteiger charge is 2.13. The van der Waals surface area contributed by atoms with E-state index in [1.165, 1.54) is 0 Å². The van der Waals surface area contributed by atoms with Gasteiger partial charge in [0, 0.05) is 17.5 Å². The maximum absolute atomic E-state index is 11.6. The Morgan fingerprint density at radius 3 is 2.56 bits per heavy atom. The van der Waals surface area contributed by atoms with Crippen LogP contribution in [-0.4, -0.2) is 12.9 Å². The van der Waals surface area contributed by atoms with Crippen molar-refractivity contribution >= 4 is 5.78 Å². The molecule has 0 amide bonds. The molecule has 0 saturated heterocycles. The van der Waals surface area contributed by atoms with Gasteiger partial charge in [-0.1, -0.05) is 13.8 Å². The molecule has 1 rings (SSSR count). The third-order valence-corrected chi connectivity index (χ3v) is 2.55. The zero-order valence-electron chi connectivity index (χ0n) is 9.83. The first-order valence-corrected chi connectivity index (χ1v) is 5.32. The van der Waals surface area contributed by atoms with E-state index < -0.39 is 0 Å². The van der Waals surface area contributed by atoms with Crippen molar-refractivity contribution in [3.05, 3.63) is 28.8 Å². The summed E-state index contributed by atoms with van der Waals surface area (Å²) in [5, 5.41) is 9.03. The summed E-state index contributed by atoms with van der Waals surface area (Å²) < 4.78 is 5.21. The number of carbonyl (C=O) groups is 1. The Morgan fingerprint density at radius 2 is 2.12 bits per heavy atom. The smallest absolute Gasteiger partial charge is 0.162 e. The predicted octanol–water partition coefficient (Wildman–Crippen LogP) is 2.72. The van der Waals surface area contributed by atoms with Gasteiger partial charge in [-0.15, -0.1) is 0 Å². The van der Waals surface area contributed by atoms with Crippen molar-refractivity contribution in [3.8, 4) is 11.8 Å². The molecule has 1 aromatic rings. The number of carbonyl (C=O) groups excluding carboxylic acids is 1. The first-order valence-electron chi connectivity index (χ1n) is 5.32. The van der Waals surface area contributed by atoms with E-state index in [4.69, 9.17) is 10.00 Å². The quantitative estimate of drug-likeness (QED) is 0.728. The lowest BCUT2D eigenvalue weighted by Gasteiger charge is -2.10. The average molecular weight is 217 g/mol. The lowest BCUT2D eigenvalue weighted by Crippen LogP contribution is -2.02. The molecule has 0 heterocycles. The molecule has 3 heteroatoms. The largest absolute Gasteiger partial charge is 0.496 e. The minimum Gasteiger partial charge on any atom is -0.496 e. The number of hydrogen-bond acceptors (Lipinski definition) is 3. The van der Waals surface area contributed by atoms with Crippen LogP contribution in [0.1, 0.15) is 41.8 Å². The van der Waals surface area contributed by atoms with Crippen LogP contribution in [-0.2, 0) is 6.42 Å². The van der Waals surface area contributed by atoms with E-state index in [1.54, 1.807) is 26.2 Å². The minimum atomic E-state index is 0.0254. The van der Waals surface area contributed by atoms with E-state index in [0.29, 0.717) is 29.7 Å². The van der Waals surface area contributed by atoms with Gasteiger partial charge in [-0.25, -0.2) is 0 Å². The normalized spacial score (nSPS) is 9.62. The highest BCUT2D eigenvalue weighted by molar-refractivity contribution is 5.96. The first-order chi connectivity index (χ1) is 7.67. The highest BCUT2D eigenvalue weighted by Crippen LogP contribution is 2.25.